The van der Waals surface area contributed by atoms with Gasteiger partial charge in [0, 0.05) is 11.6 Å². The van der Waals surface area contributed by atoms with Gasteiger partial charge in [-0.15, -0.1) is 5.10 Å². The Balaban J connectivity index is 2.32. The summed E-state index contributed by atoms with van der Waals surface area (Å²) < 4.78 is 1.50. The van der Waals surface area contributed by atoms with Crippen molar-refractivity contribution in [3.63, 3.8) is 0 Å². The van der Waals surface area contributed by atoms with Crippen LogP contribution >= 0.6 is 0 Å². The van der Waals surface area contributed by atoms with Crippen molar-refractivity contribution >= 4 is 0 Å². The maximum absolute atomic E-state index is 3.91. The lowest BCUT2D eigenvalue weighted by molar-refractivity contribution is 0.915. The maximum atomic E-state index is 3.91. The highest BCUT2D eigenvalue weighted by Gasteiger charge is 1.93. The first kappa shape index (κ1) is 9.47. The van der Waals surface area contributed by atoms with Gasteiger partial charge in [0.1, 0.15) is 12.7 Å². The molecule has 0 radical (unpaired) electrons. The van der Waals surface area contributed by atoms with E-state index in [1.165, 1.54) is 22.1 Å². The number of nitrogens with zero attached hydrogens (tertiary/aromatic N) is 3. The fourth-order valence-corrected chi connectivity index (χ4v) is 1.34. The molecule has 15 heavy (non-hydrogen) atoms. The number of hydrogen-bond acceptors (Lipinski definition) is 2. The summed E-state index contributed by atoms with van der Waals surface area (Å²) in [7, 11) is 0. The van der Waals surface area contributed by atoms with Crippen LogP contribution in [0.5, 0.6) is 0 Å². The maximum Gasteiger partial charge on any atom is 0.138 e. The summed E-state index contributed by atoms with van der Waals surface area (Å²) in [6.07, 6.45) is 3.05. The van der Waals surface area contributed by atoms with Crippen molar-refractivity contribution in [1.29, 1.82) is 0 Å². The lowest BCUT2D eigenvalue weighted by Crippen LogP contribution is -1.89. The van der Waals surface area contributed by atoms with E-state index in [2.05, 4.69) is 48.0 Å². The second-order valence-corrected chi connectivity index (χ2v) is 3.40. The van der Waals surface area contributed by atoms with Crippen LogP contribution < -0.4 is 0 Å². The Bertz CT molecular complexity index is 516. The molecule has 3 heteroatoms. The molecule has 1 heterocycles. The first-order chi connectivity index (χ1) is 7.25. The van der Waals surface area contributed by atoms with Crippen LogP contribution in [0.25, 0.3) is 0 Å². The van der Waals surface area contributed by atoms with E-state index >= 15 is 0 Å². The number of benzene rings is 1. The van der Waals surface area contributed by atoms with Crippen LogP contribution in [0.4, 0.5) is 0 Å². The van der Waals surface area contributed by atoms with Crippen molar-refractivity contribution in [3.05, 3.63) is 47.5 Å². The number of aromatic nitrogens is 3. The van der Waals surface area contributed by atoms with Gasteiger partial charge in [-0.2, -0.15) is 4.68 Å². The molecule has 0 unspecified atom stereocenters. The first-order valence-electron chi connectivity index (χ1n) is 4.69. The largest absolute Gasteiger partial charge is 0.222 e. The van der Waals surface area contributed by atoms with E-state index in [1.807, 2.05) is 6.07 Å². The molecule has 0 amide bonds. The van der Waals surface area contributed by atoms with Crippen LogP contribution in [0, 0.1) is 25.8 Å². The van der Waals surface area contributed by atoms with Gasteiger partial charge in [-0.1, -0.05) is 17.7 Å². The molecule has 2 rings (SSSR count). The van der Waals surface area contributed by atoms with Gasteiger partial charge < -0.3 is 0 Å². The van der Waals surface area contributed by atoms with Crippen LogP contribution in [0.15, 0.2) is 30.9 Å². The van der Waals surface area contributed by atoms with Gasteiger partial charge in [0.05, 0.1) is 0 Å². The quantitative estimate of drug-likeness (QED) is 0.602. The van der Waals surface area contributed by atoms with Gasteiger partial charge in [0.15, 0.2) is 0 Å². The van der Waals surface area contributed by atoms with Gasteiger partial charge in [0.2, 0.25) is 0 Å². The molecular formula is C12H11N3. The molecule has 0 N–H and O–H groups in total. The monoisotopic (exact) mass is 197 g/mol. The highest BCUT2D eigenvalue weighted by molar-refractivity contribution is 5.42. The van der Waals surface area contributed by atoms with Crippen LogP contribution in [0.3, 0.4) is 0 Å². The van der Waals surface area contributed by atoms with Gasteiger partial charge in [0.25, 0.3) is 0 Å². The molecule has 0 saturated carbocycles. The molecule has 74 valence electrons. The third-order valence-corrected chi connectivity index (χ3v) is 2.11. The van der Waals surface area contributed by atoms with Gasteiger partial charge in [-0.05, 0) is 31.4 Å². The van der Waals surface area contributed by atoms with Crippen molar-refractivity contribution in [2.45, 2.75) is 13.8 Å². The molecule has 0 fully saturated rings. The molecule has 0 aliphatic heterocycles. The average molecular weight is 197 g/mol. The molecule has 1 aromatic carbocycles. The Hall–Kier alpha value is -2.08. The van der Waals surface area contributed by atoms with Crippen molar-refractivity contribution in [2.75, 3.05) is 0 Å². The Morgan fingerprint density at radius 1 is 1.27 bits per heavy atom. The smallest absolute Gasteiger partial charge is 0.138 e. The summed E-state index contributed by atoms with van der Waals surface area (Å²) in [6.45, 7) is 4.12. The Morgan fingerprint density at radius 3 is 2.80 bits per heavy atom. The second-order valence-electron chi connectivity index (χ2n) is 3.40. The number of hydrogen-bond donors (Lipinski definition) is 0. The van der Waals surface area contributed by atoms with Gasteiger partial charge in [-0.25, -0.2) is 4.98 Å². The summed E-state index contributed by atoms with van der Waals surface area (Å²) in [5.74, 6) is 3.05. The predicted octanol–water partition coefficient (Wildman–Crippen LogP) is 1.75. The summed E-state index contributed by atoms with van der Waals surface area (Å²) in [6, 6.07) is 9.09. The minimum Gasteiger partial charge on any atom is -0.222 e. The van der Waals surface area contributed by atoms with Gasteiger partial charge in [-0.3, -0.25) is 0 Å². The van der Waals surface area contributed by atoms with Crippen molar-refractivity contribution < 1.29 is 0 Å². The predicted molar refractivity (Wildman–Crippen MR) is 58.2 cm³/mol. The van der Waals surface area contributed by atoms with E-state index in [1.54, 1.807) is 6.33 Å². The zero-order valence-electron chi connectivity index (χ0n) is 8.73. The van der Waals surface area contributed by atoms with E-state index in [0.717, 1.165) is 5.56 Å². The number of rotatable bonds is 0. The number of aryl methyl sites for hydroxylation is 2. The second kappa shape index (κ2) is 3.97. The molecule has 0 atom stereocenters. The lowest BCUT2D eigenvalue weighted by Gasteiger charge is -1.98. The molecular weight excluding hydrogens is 186 g/mol. The molecule has 0 aliphatic rings. The summed E-state index contributed by atoms with van der Waals surface area (Å²) in [5, 5.41) is 3.91. The third kappa shape index (κ3) is 2.23. The van der Waals surface area contributed by atoms with Crippen molar-refractivity contribution in [1.82, 2.24) is 14.8 Å². The molecule has 0 aliphatic carbocycles. The Morgan fingerprint density at radius 2 is 2.13 bits per heavy atom. The van der Waals surface area contributed by atoms with E-state index in [0.29, 0.717) is 0 Å². The van der Waals surface area contributed by atoms with E-state index in [-0.39, 0.29) is 0 Å². The molecule has 0 bridgehead atoms. The summed E-state index contributed by atoms with van der Waals surface area (Å²) in [4.78, 5) is 3.82. The third-order valence-electron chi connectivity index (χ3n) is 2.11. The summed E-state index contributed by atoms with van der Waals surface area (Å²) in [5.41, 5.74) is 3.46. The van der Waals surface area contributed by atoms with Crippen molar-refractivity contribution in [2.24, 2.45) is 0 Å². The first-order valence-corrected chi connectivity index (χ1v) is 4.69. The Labute approximate surface area is 88.8 Å². The Kier molecular flexibility index (Phi) is 2.51. The van der Waals surface area contributed by atoms with Gasteiger partial charge >= 0.3 is 0 Å². The average Bonchev–Trinajstić information content (AvgIpc) is 2.69. The fraction of sp³-hybridized carbons (Fsp3) is 0.167. The van der Waals surface area contributed by atoms with Crippen LogP contribution in [0.1, 0.15) is 16.7 Å². The van der Waals surface area contributed by atoms with E-state index in [4.69, 9.17) is 0 Å². The van der Waals surface area contributed by atoms with E-state index < -0.39 is 0 Å². The normalized spacial score (nSPS) is 9.47. The van der Waals surface area contributed by atoms with Crippen LogP contribution in [-0.2, 0) is 0 Å². The SMILES string of the molecule is Cc1ccc(C#Cn2cncn2)c(C)c1. The van der Waals surface area contributed by atoms with Crippen molar-refractivity contribution in [3.8, 4) is 12.0 Å². The summed E-state index contributed by atoms with van der Waals surface area (Å²) >= 11 is 0. The standard InChI is InChI=1S/C12H11N3/c1-10-3-4-12(11(2)7-10)5-6-15-9-13-8-14-15/h3-4,7-9H,1-2H3. The van der Waals surface area contributed by atoms with Crippen LogP contribution in [0.2, 0.25) is 0 Å². The van der Waals surface area contributed by atoms with E-state index in [9.17, 15) is 0 Å². The molecule has 1 aromatic heterocycles. The minimum atomic E-state index is 1.02. The highest BCUT2D eigenvalue weighted by Crippen LogP contribution is 2.08. The minimum absolute atomic E-state index is 1.02. The highest BCUT2D eigenvalue weighted by atomic mass is 15.3. The molecule has 3 nitrogen and oxygen atoms in total. The zero-order chi connectivity index (χ0) is 10.7. The fourth-order valence-electron chi connectivity index (χ4n) is 1.34. The molecule has 2 aromatic rings. The van der Waals surface area contributed by atoms with Crippen LogP contribution in [-0.4, -0.2) is 14.8 Å². The topological polar surface area (TPSA) is 30.7 Å². The molecule has 0 spiro atoms. The lowest BCUT2D eigenvalue weighted by atomic mass is 10.1. The zero-order valence-corrected chi connectivity index (χ0v) is 8.73. The molecule has 0 saturated heterocycles.